The highest BCUT2D eigenvalue weighted by Gasteiger charge is 2.17. The fraction of sp³-hybridized carbons (Fsp3) is 0.294. The number of nitrogens with zero attached hydrogens (tertiary/aromatic N) is 3. The van der Waals surface area contributed by atoms with Gasteiger partial charge in [0.1, 0.15) is 17.1 Å². The van der Waals surface area contributed by atoms with Crippen LogP contribution in [0, 0.1) is 0 Å². The molecule has 3 aromatic rings. The number of carbonyl (C=O) groups is 1. The maximum atomic E-state index is 12.5. The first-order valence-electron chi connectivity index (χ1n) is 7.75. The van der Waals surface area contributed by atoms with Crippen molar-refractivity contribution in [3.8, 4) is 17.1 Å². The van der Waals surface area contributed by atoms with Gasteiger partial charge in [-0.25, -0.2) is 4.98 Å². The molecule has 0 bridgehead atoms. The average Bonchev–Trinajstić information content (AvgIpc) is 2.84. The molecule has 0 atom stereocenters. The van der Waals surface area contributed by atoms with Crippen LogP contribution in [0.2, 0.25) is 0 Å². The largest absolute Gasteiger partial charge is 0.426 e. The molecule has 0 amide bonds. The van der Waals surface area contributed by atoms with Gasteiger partial charge in [-0.05, 0) is 18.6 Å². The number of hydrogen-bond acceptors (Lipinski definition) is 5. The van der Waals surface area contributed by atoms with E-state index in [1.807, 2.05) is 6.92 Å². The molecule has 1 aromatic carbocycles. The third-order valence-electron chi connectivity index (χ3n) is 3.65. The lowest BCUT2D eigenvalue weighted by molar-refractivity contribution is -0.131. The van der Waals surface area contributed by atoms with E-state index in [0.717, 1.165) is 18.5 Å². The normalized spacial score (nSPS) is 11.0. The summed E-state index contributed by atoms with van der Waals surface area (Å²) in [7, 11) is 1.73. The summed E-state index contributed by atoms with van der Waals surface area (Å²) in [6, 6.07) is 6.96. The average molecular weight is 326 g/mol. The lowest BCUT2D eigenvalue weighted by atomic mass is 10.1. The lowest BCUT2D eigenvalue weighted by Gasteiger charge is -2.08. The Hall–Kier alpha value is -2.96. The molecule has 0 radical (unpaired) electrons. The minimum Gasteiger partial charge on any atom is -0.426 e. The summed E-state index contributed by atoms with van der Waals surface area (Å²) in [5.41, 5.74) is 2.08. The van der Waals surface area contributed by atoms with Gasteiger partial charge in [-0.3, -0.25) is 14.3 Å². The minimum absolute atomic E-state index is 0.273. The smallest absolute Gasteiger partial charge is 0.308 e. The van der Waals surface area contributed by atoms with Gasteiger partial charge in [-0.2, -0.15) is 5.10 Å². The Bertz CT molecular complexity index is 972. The number of hydrogen-bond donors (Lipinski definition) is 1. The molecule has 2 heterocycles. The fourth-order valence-corrected chi connectivity index (χ4v) is 2.69. The molecule has 0 aliphatic heterocycles. The maximum Gasteiger partial charge on any atom is 0.308 e. The van der Waals surface area contributed by atoms with Crippen LogP contribution in [0.25, 0.3) is 22.4 Å². The quantitative estimate of drug-likeness (QED) is 0.586. The number of benzene rings is 1. The maximum absolute atomic E-state index is 12.5. The molecular weight excluding hydrogens is 308 g/mol. The Balaban J connectivity index is 2.23. The molecule has 2 aromatic heterocycles. The van der Waals surface area contributed by atoms with Gasteiger partial charge in [-0.15, -0.1) is 0 Å². The van der Waals surface area contributed by atoms with Crippen molar-refractivity contribution in [3.05, 3.63) is 40.3 Å². The van der Waals surface area contributed by atoms with E-state index in [1.54, 1.807) is 36.0 Å². The summed E-state index contributed by atoms with van der Waals surface area (Å²) < 4.78 is 6.76. The van der Waals surface area contributed by atoms with Crippen molar-refractivity contribution in [2.45, 2.75) is 26.7 Å². The third-order valence-corrected chi connectivity index (χ3v) is 3.65. The van der Waals surface area contributed by atoms with Gasteiger partial charge < -0.3 is 9.72 Å². The second kappa shape index (κ2) is 6.27. The summed E-state index contributed by atoms with van der Waals surface area (Å²) in [4.78, 5) is 31.1. The zero-order chi connectivity index (χ0) is 17.3. The van der Waals surface area contributed by atoms with Crippen molar-refractivity contribution in [2.75, 3.05) is 0 Å². The van der Waals surface area contributed by atoms with Crippen LogP contribution in [0.3, 0.4) is 0 Å². The fourth-order valence-electron chi connectivity index (χ4n) is 2.69. The Morgan fingerprint density at radius 3 is 2.79 bits per heavy atom. The van der Waals surface area contributed by atoms with Gasteiger partial charge in [-0.1, -0.05) is 25.5 Å². The summed E-state index contributed by atoms with van der Waals surface area (Å²) in [6.07, 6.45) is 1.64. The monoisotopic (exact) mass is 326 g/mol. The van der Waals surface area contributed by atoms with Gasteiger partial charge in [0.25, 0.3) is 5.56 Å². The molecule has 7 heteroatoms. The van der Waals surface area contributed by atoms with Crippen LogP contribution in [0.1, 0.15) is 26.0 Å². The number of aryl methyl sites for hydroxylation is 2. The molecule has 124 valence electrons. The van der Waals surface area contributed by atoms with Crippen molar-refractivity contribution in [3.63, 3.8) is 0 Å². The summed E-state index contributed by atoms with van der Waals surface area (Å²) in [5, 5.41) is 4.39. The zero-order valence-electron chi connectivity index (χ0n) is 13.8. The van der Waals surface area contributed by atoms with E-state index < -0.39 is 5.97 Å². The van der Waals surface area contributed by atoms with Gasteiger partial charge >= 0.3 is 5.97 Å². The Labute approximate surface area is 138 Å². The van der Waals surface area contributed by atoms with Gasteiger partial charge in [0.2, 0.25) is 0 Å². The van der Waals surface area contributed by atoms with Crippen molar-refractivity contribution in [1.29, 1.82) is 0 Å². The van der Waals surface area contributed by atoms with Crippen molar-refractivity contribution in [1.82, 2.24) is 19.7 Å². The Morgan fingerprint density at radius 1 is 1.33 bits per heavy atom. The van der Waals surface area contributed by atoms with E-state index in [0.29, 0.717) is 28.2 Å². The molecule has 1 N–H and O–H groups in total. The molecule has 3 rings (SSSR count). The number of esters is 1. The molecule has 0 saturated heterocycles. The molecule has 0 aliphatic carbocycles. The second-order valence-electron chi connectivity index (χ2n) is 5.52. The number of rotatable bonds is 4. The van der Waals surface area contributed by atoms with Crippen LogP contribution in [-0.4, -0.2) is 25.7 Å². The molecule has 0 aliphatic rings. The van der Waals surface area contributed by atoms with Crippen LogP contribution in [0.4, 0.5) is 0 Å². The first-order chi connectivity index (χ1) is 11.5. The van der Waals surface area contributed by atoms with E-state index in [4.69, 9.17) is 4.74 Å². The van der Waals surface area contributed by atoms with E-state index in [2.05, 4.69) is 15.1 Å². The van der Waals surface area contributed by atoms with Crippen molar-refractivity contribution >= 4 is 17.0 Å². The van der Waals surface area contributed by atoms with Crippen molar-refractivity contribution < 1.29 is 9.53 Å². The standard InChI is InChI=1S/C17H18N4O3/c1-4-7-12-14-15(21(3)20-12)17(23)19-16(18-14)11-8-5-6-9-13(11)24-10(2)22/h5-6,8-9H,4,7H2,1-3H3,(H,18,19,23). The van der Waals surface area contributed by atoms with E-state index in [1.165, 1.54) is 6.92 Å². The van der Waals surface area contributed by atoms with Crippen LogP contribution >= 0.6 is 0 Å². The number of nitrogens with one attached hydrogen (secondary N) is 1. The Morgan fingerprint density at radius 2 is 2.08 bits per heavy atom. The molecule has 0 fully saturated rings. The first kappa shape index (κ1) is 15.9. The number of H-pyrrole nitrogens is 1. The SMILES string of the molecule is CCCc1nn(C)c2c(=O)[nH]c(-c3ccccc3OC(C)=O)nc12. The number of para-hydroxylation sites is 1. The number of aromatic amines is 1. The number of fused-ring (bicyclic) bond motifs is 1. The second-order valence-corrected chi connectivity index (χ2v) is 5.52. The van der Waals surface area contributed by atoms with E-state index >= 15 is 0 Å². The predicted molar refractivity (Wildman–Crippen MR) is 89.9 cm³/mol. The highest BCUT2D eigenvalue weighted by molar-refractivity contribution is 5.80. The van der Waals surface area contributed by atoms with E-state index in [9.17, 15) is 9.59 Å². The molecular formula is C17H18N4O3. The van der Waals surface area contributed by atoms with E-state index in [-0.39, 0.29) is 5.56 Å². The Kier molecular flexibility index (Phi) is 4.16. The predicted octanol–water partition coefficient (Wildman–Crippen LogP) is 2.20. The van der Waals surface area contributed by atoms with Crippen LogP contribution in [0.5, 0.6) is 5.75 Å². The highest BCUT2D eigenvalue weighted by atomic mass is 16.5. The highest BCUT2D eigenvalue weighted by Crippen LogP contribution is 2.28. The van der Waals surface area contributed by atoms with Crippen LogP contribution in [-0.2, 0) is 18.3 Å². The summed E-state index contributed by atoms with van der Waals surface area (Å²) in [6.45, 7) is 3.38. The van der Waals surface area contributed by atoms with Gasteiger partial charge in [0, 0.05) is 14.0 Å². The zero-order valence-corrected chi connectivity index (χ0v) is 13.8. The van der Waals surface area contributed by atoms with Gasteiger partial charge in [0.05, 0.1) is 11.3 Å². The van der Waals surface area contributed by atoms with Crippen molar-refractivity contribution in [2.24, 2.45) is 7.05 Å². The van der Waals surface area contributed by atoms with Crippen LogP contribution < -0.4 is 10.3 Å². The number of aromatic nitrogens is 4. The molecule has 0 spiro atoms. The number of carbonyl (C=O) groups excluding carboxylic acids is 1. The summed E-state index contributed by atoms with van der Waals surface area (Å²) >= 11 is 0. The molecule has 0 unspecified atom stereocenters. The third kappa shape index (κ3) is 2.80. The first-order valence-corrected chi connectivity index (χ1v) is 7.75. The lowest BCUT2D eigenvalue weighted by Crippen LogP contribution is -2.13. The molecule has 7 nitrogen and oxygen atoms in total. The number of ether oxygens (including phenoxy) is 1. The molecule has 24 heavy (non-hydrogen) atoms. The minimum atomic E-state index is -0.432. The van der Waals surface area contributed by atoms with Crippen LogP contribution in [0.15, 0.2) is 29.1 Å². The van der Waals surface area contributed by atoms with Gasteiger partial charge in [0.15, 0.2) is 5.52 Å². The molecule has 0 saturated carbocycles. The topological polar surface area (TPSA) is 89.9 Å². The summed E-state index contributed by atoms with van der Waals surface area (Å²) in [5.74, 6) is 0.280.